The molecule has 2 aromatic rings. The fourth-order valence-electron chi connectivity index (χ4n) is 3.36. The van der Waals surface area contributed by atoms with Crippen LogP contribution in [0.15, 0.2) is 34.7 Å². The third kappa shape index (κ3) is 3.36. The quantitative estimate of drug-likeness (QED) is 0.885. The van der Waals surface area contributed by atoms with Crippen molar-refractivity contribution < 1.29 is 14.3 Å². The summed E-state index contributed by atoms with van der Waals surface area (Å²) in [4.78, 5) is 16.9. The lowest BCUT2D eigenvalue weighted by atomic mass is 9.86. The molecular formula is C19H24N2O3. The molecule has 0 spiro atoms. The van der Waals surface area contributed by atoms with Gasteiger partial charge in [-0.3, -0.25) is 4.79 Å². The summed E-state index contributed by atoms with van der Waals surface area (Å²) in [6.07, 6.45) is 3.08. The Morgan fingerprint density at radius 3 is 2.88 bits per heavy atom. The second kappa shape index (κ2) is 6.77. The van der Waals surface area contributed by atoms with Crippen LogP contribution < -0.4 is 5.32 Å². The van der Waals surface area contributed by atoms with E-state index in [0.29, 0.717) is 17.3 Å². The van der Waals surface area contributed by atoms with Crippen LogP contribution in [-0.2, 0) is 11.2 Å². The lowest BCUT2D eigenvalue weighted by molar-refractivity contribution is -0.122. The van der Waals surface area contributed by atoms with Gasteiger partial charge in [-0.05, 0) is 31.9 Å². The number of hydrogen-bond donors (Lipinski definition) is 2. The van der Waals surface area contributed by atoms with E-state index in [1.165, 1.54) is 0 Å². The highest BCUT2D eigenvalue weighted by atomic mass is 16.4. The van der Waals surface area contributed by atoms with Gasteiger partial charge in [-0.1, -0.05) is 31.5 Å². The molecule has 1 fully saturated rings. The maximum absolute atomic E-state index is 12.4. The van der Waals surface area contributed by atoms with Gasteiger partial charge in [-0.15, -0.1) is 0 Å². The van der Waals surface area contributed by atoms with Crippen LogP contribution in [0, 0.1) is 12.3 Å². The smallest absolute Gasteiger partial charge is 0.226 e. The summed E-state index contributed by atoms with van der Waals surface area (Å²) in [7, 11) is 0. The average Bonchev–Trinajstić information content (AvgIpc) is 3.13. The molecule has 0 bridgehead atoms. The number of rotatable bonds is 5. The number of nitrogens with one attached hydrogen (secondary N) is 1. The highest BCUT2D eigenvalue weighted by Gasteiger charge is 2.39. The molecule has 1 amide bonds. The first-order valence-corrected chi connectivity index (χ1v) is 8.44. The Bertz CT molecular complexity index is 711. The van der Waals surface area contributed by atoms with Gasteiger partial charge in [-0.2, -0.15) is 0 Å². The Labute approximate surface area is 142 Å². The zero-order chi connectivity index (χ0) is 17.2. The van der Waals surface area contributed by atoms with Crippen molar-refractivity contribution in [2.24, 2.45) is 5.41 Å². The molecule has 2 N–H and O–H groups in total. The number of aliphatic hydroxyl groups is 1. The molecule has 1 saturated carbocycles. The molecule has 5 nitrogen and oxygen atoms in total. The Balaban J connectivity index is 1.68. The molecule has 1 aliphatic rings. The molecule has 0 aliphatic heterocycles. The van der Waals surface area contributed by atoms with Gasteiger partial charge >= 0.3 is 0 Å². The van der Waals surface area contributed by atoms with E-state index in [4.69, 9.17) is 4.42 Å². The number of oxazole rings is 1. The lowest BCUT2D eigenvalue weighted by Gasteiger charge is -2.30. The summed E-state index contributed by atoms with van der Waals surface area (Å²) in [6.45, 7) is 3.95. The van der Waals surface area contributed by atoms with Gasteiger partial charge in [0, 0.05) is 17.0 Å². The minimum Gasteiger partial charge on any atom is -0.441 e. The summed E-state index contributed by atoms with van der Waals surface area (Å²) in [6, 6.07) is 9.68. The number of carbonyl (C=O) groups is 1. The van der Waals surface area contributed by atoms with E-state index in [0.717, 1.165) is 24.8 Å². The monoisotopic (exact) mass is 328 g/mol. The van der Waals surface area contributed by atoms with Crippen LogP contribution >= 0.6 is 0 Å². The zero-order valence-electron chi connectivity index (χ0n) is 14.2. The number of amides is 1. The third-order valence-corrected chi connectivity index (χ3v) is 5.02. The second-order valence-corrected chi connectivity index (χ2v) is 6.89. The molecule has 2 atom stereocenters. The zero-order valence-corrected chi connectivity index (χ0v) is 14.2. The van der Waals surface area contributed by atoms with E-state index >= 15 is 0 Å². The van der Waals surface area contributed by atoms with Crippen LogP contribution in [-0.4, -0.2) is 28.6 Å². The van der Waals surface area contributed by atoms with Gasteiger partial charge in [-0.25, -0.2) is 4.98 Å². The van der Waals surface area contributed by atoms with Crippen molar-refractivity contribution in [1.29, 1.82) is 0 Å². The molecule has 24 heavy (non-hydrogen) atoms. The number of nitrogens with zero attached hydrogens (tertiary/aromatic N) is 1. The number of aryl methyl sites for hydroxylation is 1. The molecule has 3 rings (SSSR count). The van der Waals surface area contributed by atoms with E-state index in [2.05, 4.69) is 10.3 Å². The average molecular weight is 328 g/mol. The van der Waals surface area contributed by atoms with E-state index in [9.17, 15) is 9.90 Å². The van der Waals surface area contributed by atoms with Gasteiger partial charge in [0.25, 0.3) is 0 Å². The van der Waals surface area contributed by atoms with Crippen molar-refractivity contribution >= 4 is 5.91 Å². The first kappa shape index (κ1) is 16.7. The molecule has 0 saturated heterocycles. The van der Waals surface area contributed by atoms with Crippen LogP contribution in [0.3, 0.4) is 0 Å². The van der Waals surface area contributed by atoms with Crippen LogP contribution in [0.4, 0.5) is 0 Å². The van der Waals surface area contributed by atoms with Crippen LogP contribution in [0.25, 0.3) is 11.5 Å². The molecule has 128 valence electrons. The molecule has 0 radical (unpaired) electrons. The molecule has 1 heterocycles. The van der Waals surface area contributed by atoms with E-state index in [1.807, 2.05) is 44.2 Å². The minimum atomic E-state index is -0.219. The van der Waals surface area contributed by atoms with Crippen molar-refractivity contribution in [2.45, 2.75) is 45.6 Å². The summed E-state index contributed by atoms with van der Waals surface area (Å²) < 4.78 is 5.70. The standard InChI is InChI=1S/C19H24N2O3/c1-13-15(20-18(24-13)14-7-4-3-5-8-14)11-17(23)21-16-9-6-10-19(16,2)12-22/h3-5,7-8,16,22H,6,9-12H2,1-2H3,(H,21,23). The molecule has 5 heteroatoms. The highest BCUT2D eigenvalue weighted by Crippen LogP contribution is 2.37. The first-order chi connectivity index (χ1) is 11.5. The van der Waals surface area contributed by atoms with Crippen LogP contribution in [0.5, 0.6) is 0 Å². The Morgan fingerprint density at radius 2 is 2.17 bits per heavy atom. The predicted molar refractivity (Wildman–Crippen MR) is 91.4 cm³/mol. The first-order valence-electron chi connectivity index (χ1n) is 8.44. The van der Waals surface area contributed by atoms with Crippen molar-refractivity contribution in [1.82, 2.24) is 10.3 Å². The molecule has 1 aromatic heterocycles. The van der Waals surface area contributed by atoms with Crippen LogP contribution in [0.2, 0.25) is 0 Å². The van der Waals surface area contributed by atoms with Crippen molar-refractivity contribution in [3.63, 3.8) is 0 Å². The number of aliphatic hydroxyl groups excluding tert-OH is 1. The Morgan fingerprint density at radius 1 is 1.42 bits per heavy atom. The number of carbonyl (C=O) groups excluding carboxylic acids is 1. The number of hydrogen-bond acceptors (Lipinski definition) is 4. The largest absolute Gasteiger partial charge is 0.441 e. The Kier molecular flexibility index (Phi) is 4.71. The van der Waals surface area contributed by atoms with Gasteiger partial charge in [0.2, 0.25) is 11.8 Å². The third-order valence-electron chi connectivity index (χ3n) is 5.02. The van der Waals surface area contributed by atoms with Gasteiger partial charge in [0.1, 0.15) is 5.76 Å². The second-order valence-electron chi connectivity index (χ2n) is 6.89. The minimum absolute atomic E-state index is 0.0239. The van der Waals surface area contributed by atoms with E-state index in [-0.39, 0.29) is 30.4 Å². The topological polar surface area (TPSA) is 75.4 Å². The van der Waals surface area contributed by atoms with Crippen LogP contribution in [0.1, 0.15) is 37.6 Å². The predicted octanol–water partition coefficient (Wildman–Crippen LogP) is 2.86. The molecule has 1 aromatic carbocycles. The fraction of sp³-hybridized carbons (Fsp3) is 0.474. The van der Waals surface area contributed by atoms with Crippen molar-refractivity contribution in [3.05, 3.63) is 41.8 Å². The normalized spacial score (nSPS) is 23.4. The molecule has 2 unspecified atom stereocenters. The fourth-order valence-corrected chi connectivity index (χ4v) is 3.36. The summed E-state index contributed by atoms with van der Waals surface area (Å²) >= 11 is 0. The van der Waals surface area contributed by atoms with Gasteiger partial charge in [0.15, 0.2) is 0 Å². The van der Waals surface area contributed by atoms with Gasteiger partial charge in [0.05, 0.1) is 18.7 Å². The van der Waals surface area contributed by atoms with E-state index in [1.54, 1.807) is 0 Å². The highest BCUT2D eigenvalue weighted by molar-refractivity contribution is 5.79. The maximum atomic E-state index is 12.4. The summed E-state index contributed by atoms with van der Waals surface area (Å²) in [5.41, 5.74) is 1.34. The lowest BCUT2D eigenvalue weighted by Crippen LogP contribution is -2.45. The van der Waals surface area contributed by atoms with Crippen molar-refractivity contribution in [2.75, 3.05) is 6.61 Å². The van der Waals surface area contributed by atoms with Crippen molar-refractivity contribution in [3.8, 4) is 11.5 Å². The molecule has 1 aliphatic carbocycles. The summed E-state index contributed by atoms with van der Waals surface area (Å²) in [5, 5.41) is 12.7. The number of benzene rings is 1. The maximum Gasteiger partial charge on any atom is 0.226 e. The summed E-state index contributed by atoms with van der Waals surface area (Å²) in [5.74, 6) is 1.13. The molecular weight excluding hydrogens is 304 g/mol. The Hall–Kier alpha value is -2.14. The van der Waals surface area contributed by atoms with E-state index < -0.39 is 0 Å². The SMILES string of the molecule is Cc1oc(-c2ccccc2)nc1CC(=O)NC1CCCC1(C)CO. The van der Waals surface area contributed by atoms with Gasteiger partial charge < -0.3 is 14.8 Å². The number of aromatic nitrogens is 1.